The summed E-state index contributed by atoms with van der Waals surface area (Å²) in [5.74, 6) is 0.328. The number of β-amino-alcohol motifs (C(OH)–C–C–N with tert-alkyl or cyclic N) is 1. The Hall–Kier alpha value is -2.48. The summed E-state index contributed by atoms with van der Waals surface area (Å²) < 4.78 is 18.1. The van der Waals surface area contributed by atoms with Crippen molar-refractivity contribution in [3.8, 4) is 0 Å². The topological polar surface area (TPSA) is 82.7 Å². The molecular formula is C17H21FN4O3. The molecule has 2 aromatic rings. The lowest BCUT2D eigenvalue weighted by atomic mass is 9.92. The van der Waals surface area contributed by atoms with Crippen molar-refractivity contribution in [1.29, 1.82) is 0 Å². The number of anilines is 1. The van der Waals surface area contributed by atoms with E-state index in [0.717, 1.165) is 19.2 Å². The SMILES string of the molecule is Cc1nc(C(=O)N(C)CC2(O)CCCN(c3ccc(F)cn3)C2)co1. The van der Waals surface area contributed by atoms with Crippen molar-refractivity contribution < 1.29 is 18.7 Å². The van der Waals surface area contributed by atoms with Gasteiger partial charge >= 0.3 is 0 Å². The predicted octanol–water partition coefficient (Wildman–Crippen LogP) is 1.62. The average molecular weight is 348 g/mol. The molecule has 25 heavy (non-hydrogen) atoms. The summed E-state index contributed by atoms with van der Waals surface area (Å²) in [7, 11) is 1.62. The Morgan fingerprint density at radius 2 is 2.32 bits per heavy atom. The minimum Gasteiger partial charge on any atom is -0.448 e. The zero-order valence-electron chi connectivity index (χ0n) is 14.3. The van der Waals surface area contributed by atoms with Gasteiger partial charge in [-0.2, -0.15) is 0 Å². The predicted molar refractivity (Wildman–Crippen MR) is 88.8 cm³/mol. The Labute approximate surface area is 145 Å². The third-order valence-corrected chi connectivity index (χ3v) is 4.31. The van der Waals surface area contributed by atoms with Gasteiger partial charge in [-0.25, -0.2) is 14.4 Å². The van der Waals surface area contributed by atoms with Crippen molar-refractivity contribution in [2.24, 2.45) is 0 Å². The zero-order chi connectivity index (χ0) is 18.0. The Morgan fingerprint density at radius 1 is 1.52 bits per heavy atom. The van der Waals surface area contributed by atoms with Gasteiger partial charge in [0.05, 0.1) is 18.3 Å². The van der Waals surface area contributed by atoms with Crippen LogP contribution in [0.4, 0.5) is 10.2 Å². The second-order valence-electron chi connectivity index (χ2n) is 6.50. The molecule has 1 fully saturated rings. The van der Waals surface area contributed by atoms with Crippen molar-refractivity contribution in [2.45, 2.75) is 25.4 Å². The van der Waals surface area contributed by atoms with E-state index < -0.39 is 11.4 Å². The number of hydrogen-bond acceptors (Lipinski definition) is 6. The maximum atomic E-state index is 13.0. The van der Waals surface area contributed by atoms with Gasteiger partial charge < -0.3 is 19.3 Å². The van der Waals surface area contributed by atoms with E-state index in [4.69, 9.17) is 4.42 Å². The third-order valence-electron chi connectivity index (χ3n) is 4.31. The number of piperidine rings is 1. The number of aliphatic hydroxyl groups is 1. The van der Waals surface area contributed by atoms with Gasteiger partial charge in [0.1, 0.15) is 17.9 Å². The first-order chi connectivity index (χ1) is 11.9. The molecule has 8 heteroatoms. The summed E-state index contributed by atoms with van der Waals surface area (Å²) in [5, 5.41) is 10.9. The molecule has 7 nitrogen and oxygen atoms in total. The Kier molecular flexibility index (Phi) is 4.71. The fraction of sp³-hybridized carbons (Fsp3) is 0.471. The third kappa shape index (κ3) is 3.96. The zero-order valence-corrected chi connectivity index (χ0v) is 14.3. The van der Waals surface area contributed by atoms with Gasteiger partial charge in [0.15, 0.2) is 11.6 Å². The molecule has 1 saturated heterocycles. The van der Waals surface area contributed by atoms with Crippen LogP contribution in [0.1, 0.15) is 29.2 Å². The molecule has 1 amide bonds. The fourth-order valence-electron chi connectivity index (χ4n) is 3.16. The number of oxazole rings is 1. The Balaban J connectivity index is 1.68. The van der Waals surface area contributed by atoms with Crippen molar-refractivity contribution in [3.63, 3.8) is 0 Å². The molecule has 1 aliphatic rings. The average Bonchev–Trinajstić information content (AvgIpc) is 3.01. The van der Waals surface area contributed by atoms with Crippen LogP contribution < -0.4 is 4.90 Å². The highest BCUT2D eigenvalue weighted by Gasteiger charge is 2.36. The number of aromatic nitrogens is 2. The van der Waals surface area contributed by atoms with E-state index in [9.17, 15) is 14.3 Å². The van der Waals surface area contributed by atoms with Crippen molar-refractivity contribution in [2.75, 3.05) is 31.6 Å². The number of carbonyl (C=O) groups excluding carboxylic acids is 1. The number of carbonyl (C=O) groups is 1. The highest BCUT2D eigenvalue weighted by molar-refractivity contribution is 5.91. The summed E-state index contributed by atoms with van der Waals surface area (Å²) >= 11 is 0. The van der Waals surface area contributed by atoms with Crippen LogP contribution in [-0.4, -0.2) is 58.2 Å². The van der Waals surface area contributed by atoms with E-state index in [1.54, 1.807) is 20.0 Å². The monoisotopic (exact) mass is 348 g/mol. The molecule has 0 spiro atoms. The van der Waals surface area contributed by atoms with Crippen LogP contribution >= 0.6 is 0 Å². The fourth-order valence-corrected chi connectivity index (χ4v) is 3.16. The van der Waals surface area contributed by atoms with E-state index in [1.807, 2.05) is 4.90 Å². The summed E-state index contributed by atoms with van der Waals surface area (Å²) in [6, 6.07) is 2.94. The number of rotatable bonds is 4. The van der Waals surface area contributed by atoms with Crippen LogP contribution in [0.2, 0.25) is 0 Å². The van der Waals surface area contributed by atoms with Crippen molar-refractivity contribution in [1.82, 2.24) is 14.9 Å². The van der Waals surface area contributed by atoms with E-state index in [1.165, 1.54) is 17.2 Å². The van der Waals surface area contributed by atoms with Crippen LogP contribution in [-0.2, 0) is 0 Å². The van der Waals surface area contributed by atoms with Gasteiger partial charge in [-0.1, -0.05) is 0 Å². The molecule has 0 aromatic carbocycles. The number of aryl methyl sites for hydroxylation is 1. The number of pyridine rings is 1. The maximum absolute atomic E-state index is 13.0. The molecule has 3 heterocycles. The van der Waals surface area contributed by atoms with Crippen LogP contribution in [0.5, 0.6) is 0 Å². The molecular weight excluding hydrogens is 327 g/mol. The second kappa shape index (κ2) is 6.79. The van der Waals surface area contributed by atoms with Gasteiger partial charge in [-0.3, -0.25) is 4.79 Å². The number of likely N-dealkylation sites (N-methyl/N-ethyl adjacent to an activating group) is 1. The molecule has 3 rings (SSSR count). The minimum absolute atomic E-state index is 0.162. The molecule has 0 aliphatic carbocycles. The van der Waals surface area contributed by atoms with E-state index in [0.29, 0.717) is 24.7 Å². The number of amides is 1. The number of hydrogen-bond donors (Lipinski definition) is 1. The van der Waals surface area contributed by atoms with Gasteiger partial charge in [-0.05, 0) is 25.0 Å². The highest BCUT2D eigenvalue weighted by Crippen LogP contribution is 2.26. The quantitative estimate of drug-likeness (QED) is 0.904. The molecule has 134 valence electrons. The first-order valence-electron chi connectivity index (χ1n) is 8.13. The van der Waals surface area contributed by atoms with Gasteiger partial charge in [-0.15, -0.1) is 0 Å². The summed E-state index contributed by atoms with van der Waals surface area (Å²) in [6.45, 7) is 2.87. The summed E-state index contributed by atoms with van der Waals surface area (Å²) in [6.07, 6.45) is 3.79. The first-order valence-corrected chi connectivity index (χ1v) is 8.13. The van der Waals surface area contributed by atoms with Gasteiger partial charge in [0, 0.05) is 27.1 Å². The highest BCUT2D eigenvalue weighted by atomic mass is 19.1. The normalized spacial score (nSPS) is 20.6. The van der Waals surface area contributed by atoms with E-state index in [2.05, 4.69) is 9.97 Å². The Morgan fingerprint density at radius 3 is 2.96 bits per heavy atom. The van der Waals surface area contributed by atoms with Gasteiger partial charge in [0.25, 0.3) is 5.91 Å². The molecule has 2 aromatic heterocycles. The molecule has 1 aliphatic heterocycles. The van der Waals surface area contributed by atoms with Gasteiger partial charge in [0.2, 0.25) is 0 Å². The first kappa shape index (κ1) is 17.3. The number of nitrogens with zero attached hydrogens (tertiary/aromatic N) is 4. The molecule has 1 unspecified atom stereocenters. The lowest BCUT2D eigenvalue weighted by molar-refractivity contribution is -0.000284. The van der Waals surface area contributed by atoms with E-state index in [-0.39, 0.29) is 18.1 Å². The van der Waals surface area contributed by atoms with E-state index >= 15 is 0 Å². The smallest absolute Gasteiger partial charge is 0.275 e. The van der Waals surface area contributed by atoms with Crippen LogP contribution in [0.25, 0.3) is 0 Å². The largest absolute Gasteiger partial charge is 0.448 e. The number of halogens is 1. The molecule has 0 radical (unpaired) electrons. The summed E-state index contributed by atoms with van der Waals surface area (Å²) in [4.78, 5) is 23.8. The minimum atomic E-state index is -1.07. The molecule has 1 atom stereocenters. The van der Waals surface area contributed by atoms with Crippen molar-refractivity contribution in [3.05, 3.63) is 42.0 Å². The standard InChI is InChI=1S/C17H21FN4O3/c1-12-20-14(9-25-12)16(23)21(2)10-17(24)6-3-7-22(11-17)15-5-4-13(18)8-19-15/h4-5,8-9,24H,3,6-7,10-11H2,1-2H3. The Bertz CT molecular complexity index is 749. The molecule has 0 saturated carbocycles. The molecule has 1 N–H and O–H groups in total. The van der Waals surface area contributed by atoms with Crippen molar-refractivity contribution >= 4 is 11.7 Å². The lowest BCUT2D eigenvalue weighted by Crippen LogP contribution is -2.54. The maximum Gasteiger partial charge on any atom is 0.275 e. The van der Waals surface area contributed by atoms with Crippen LogP contribution in [0, 0.1) is 12.7 Å². The molecule has 0 bridgehead atoms. The second-order valence-corrected chi connectivity index (χ2v) is 6.50. The van der Waals surface area contributed by atoms with Crippen LogP contribution in [0.15, 0.2) is 29.0 Å². The summed E-state index contributed by atoms with van der Waals surface area (Å²) in [5.41, 5.74) is -0.853. The lowest BCUT2D eigenvalue weighted by Gasteiger charge is -2.41. The van der Waals surface area contributed by atoms with Crippen LogP contribution in [0.3, 0.4) is 0 Å².